The number of ether oxygens (including phenoxy) is 1. The highest BCUT2D eigenvalue weighted by atomic mass is 79.9. The molecule has 0 fully saturated rings. The van der Waals surface area contributed by atoms with Crippen LogP contribution in [0.3, 0.4) is 0 Å². The maximum Gasteiger partial charge on any atom is 0.335 e. The zero-order valence-electron chi connectivity index (χ0n) is 15.6. The number of anilines is 1. The van der Waals surface area contributed by atoms with Gasteiger partial charge in [-0.2, -0.15) is 0 Å². The number of halogens is 1. The fourth-order valence-corrected chi connectivity index (χ4v) is 2.92. The standard InChI is InChI=1S/C20H19BrN4O4/c1-29-12-11-22-17(23-14-5-3-2-4-6-14)16-18(26)24-20(28)25(19(16)27)15-9-7-13(21)8-10-15/h2-10,27H,11-12H2,1H3,(H,22,23)(H,24,26,28). The first-order chi connectivity index (χ1) is 14.0. The maximum absolute atomic E-state index is 12.6. The molecule has 0 saturated heterocycles. The number of aliphatic imine (C=N–C) groups is 1. The number of H-pyrrole nitrogens is 1. The number of nitrogens with zero attached hydrogens (tertiary/aromatic N) is 2. The number of aromatic amines is 1. The summed E-state index contributed by atoms with van der Waals surface area (Å²) >= 11 is 3.33. The maximum atomic E-state index is 12.6. The largest absolute Gasteiger partial charge is 0.493 e. The molecule has 29 heavy (non-hydrogen) atoms. The van der Waals surface area contributed by atoms with E-state index in [0.29, 0.717) is 18.0 Å². The van der Waals surface area contributed by atoms with E-state index in [1.54, 1.807) is 36.4 Å². The van der Waals surface area contributed by atoms with Gasteiger partial charge in [-0.15, -0.1) is 0 Å². The fraction of sp³-hybridized carbons (Fsp3) is 0.150. The number of nitrogens with one attached hydrogen (secondary N) is 2. The van der Waals surface area contributed by atoms with Crippen LogP contribution in [0.25, 0.3) is 5.69 Å². The summed E-state index contributed by atoms with van der Waals surface area (Å²) in [6, 6.07) is 15.8. The molecule has 3 aromatic rings. The monoisotopic (exact) mass is 458 g/mol. The van der Waals surface area contributed by atoms with Crippen molar-refractivity contribution >= 4 is 27.5 Å². The molecule has 8 nitrogen and oxygen atoms in total. The molecule has 0 amide bonds. The number of hydrogen-bond donors (Lipinski definition) is 3. The predicted molar refractivity (Wildman–Crippen MR) is 115 cm³/mol. The van der Waals surface area contributed by atoms with Gasteiger partial charge in [0.1, 0.15) is 11.4 Å². The van der Waals surface area contributed by atoms with Gasteiger partial charge in [0.05, 0.1) is 18.8 Å². The fourth-order valence-electron chi connectivity index (χ4n) is 2.66. The normalized spacial score (nSPS) is 11.4. The van der Waals surface area contributed by atoms with Crippen molar-refractivity contribution in [1.29, 1.82) is 0 Å². The number of aromatic hydroxyl groups is 1. The van der Waals surface area contributed by atoms with Gasteiger partial charge in [0.25, 0.3) is 5.56 Å². The van der Waals surface area contributed by atoms with Crippen molar-refractivity contribution in [2.75, 3.05) is 25.6 Å². The smallest absolute Gasteiger partial charge is 0.335 e. The predicted octanol–water partition coefficient (Wildman–Crippen LogP) is 2.50. The molecule has 1 aromatic heterocycles. The molecule has 0 bridgehead atoms. The van der Waals surface area contributed by atoms with E-state index in [1.165, 1.54) is 7.11 Å². The summed E-state index contributed by atoms with van der Waals surface area (Å²) in [5, 5.41) is 13.9. The van der Waals surface area contributed by atoms with Gasteiger partial charge >= 0.3 is 5.69 Å². The third-order valence-corrected chi connectivity index (χ3v) is 4.54. The summed E-state index contributed by atoms with van der Waals surface area (Å²) in [5.74, 6) is -0.390. The van der Waals surface area contributed by atoms with Gasteiger partial charge in [-0.1, -0.05) is 34.1 Å². The van der Waals surface area contributed by atoms with E-state index in [0.717, 1.165) is 9.04 Å². The topological polar surface area (TPSA) is 109 Å². The van der Waals surface area contributed by atoms with Gasteiger partial charge in [0.15, 0.2) is 0 Å². The van der Waals surface area contributed by atoms with Crippen molar-refractivity contribution < 1.29 is 9.84 Å². The lowest BCUT2D eigenvalue weighted by Crippen LogP contribution is -2.35. The summed E-state index contributed by atoms with van der Waals surface area (Å²) in [7, 11) is 1.54. The molecule has 150 valence electrons. The molecule has 0 unspecified atom stereocenters. The van der Waals surface area contributed by atoms with Gasteiger partial charge in [-0.3, -0.25) is 14.8 Å². The molecule has 0 aliphatic heterocycles. The second-order valence-electron chi connectivity index (χ2n) is 5.98. The van der Waals surface area contributed by atoms with Crippen LogP contribution in [0.1, 0.15) is 5.56 Å². The van der Waals surface area contributed by atoms with E-state index in [9.17, 15) is 14.7 Å². The molecule has 0 atom stereocenters. The Hall–Kier alpha value is -3.17. The lowest BCUT2D eigenvalue weighted by molar-refractivity contribution is 0.208. The van der Waals surface area contributed by atoms with Crippen molar-refractivity contribution in [3.05, 3.63) is 85.5 Å². The van der Waals surface area contributed by atoms with Crippen LogP contribution in [0.15, 0.2) is 73.7 Å². The number of rotatable bonds is 6. The molecule has 3 rings (SSSR count). The van der Waals surface area contributed by atoms with Crippen LogP contribution in [-0.2, 0) is 4.74 Å². The van der Waals surface area contributed by atoms with E-state index in [1.807, 2.05) is 18.2 Å². The van der Waals surface area contributed by atoms with Crippen molar-refractivity contribution in [1.82, 2.24) is 9.55 Å². The van der Waals surface area contributed by atoms with Crippen LogP contribution in [0.5, 0.6) is 5.88 Å². The number of methoxy groups -OCH3 is 1. The Balaban J connectivity index is 2.15. The number of benzene rings is 2. The van der Waals surface area contributed by atoms with Gasteiger partial charge in [0.2, 0.25) is 5.88 Å². The highest BCUT2D eigenvalue weighted by Crippen LogP contribution is 2.20. The lowest BCUT2D eigenvalue weighted by atomic mass is 10.2. The molecule has 0 radical (unpaired) electrons. The minimum absolute atomic E-state index is 0.123. The van der Waals surface area contributed by atoms with Gasteiger partial charge < -0.3 is 15.2 Å². The zero-order chi connectivity index (χ0) is 20.8. The van der Waals surface area contributed by atoms with Gasteiger partial charge in [-0.25, -0.2) is 9.36 Å². The van der Waals surface area contributed by atoms with Gasteiger partial charge in [0, 0.05) is 17.3 Å². The third kappa shape index (κ3) is 4.82. The Morgan fingerprint density at radius 1 is 1.17 bits per heavy atom. The van der Waals surface area contributed by atoms with Crippen LogP contribution in [0.4, 0.5) is 5.69 Å². The van der Waals surface area contributed by atoms with Crippen molar-refractivity contribution in [3.63, 3.8) is 0 Å². The second-order valence-corrected chi connectivity index (χ2v) is 6.90. The average molecular weight is 459 g/mol. The van der Waals surface area contributed by atoms with E-state index in [4.69, 9.17) is 4.74 Å². The van der Waals surface area contributed by atoms with Crippen LogP contribution >= 0.6 is 15.9 Å². The first-order valence-electron chi connectivity index (χ1n) is 8.71. The Kier molecular flexibility index (Phi) is 6.63. The molecule has 0 spiro atoms. The zero-order valence-corrected chi connectivity index (χ0v) is 17.1. The molecular formula is C20H19BrN4O4. The van der Waals surface area contributed by atoms with Crippen molar-refractivity contribution in [3.8, 4) is 11.6 Å². The summed E-state index contributed by atoms with van der Waals surface area (Å²) in [5.41, 5.74) is -0.588. The molecule has 3 N–H and O–H groups in total. The molecule has 0 aliphatic carbocycles. The van der Waals surface area contributed by atoms with Crippen LogP contribution in [-0.4, -0.2) is 40.8 Å². The summed E-state index contributed by atoms with van der Waals surface area (Å²) in [6.45, 7) is 0.576. The molecule has 0 saturated carbocycles. The number of para-hydroxylation sites is 1. The second kappa shape index (κ2) is 9.35. The van der Waals surface area contributed by atoms with Crippen LogP contribution in [0, 0.1) is 0 Å². The van der Waals surface area contributed by atoms with Crippen molar-refractivity contribution in [2.45, 2.75) is 0 Å². The van der Waals surface area contributed by atoms with E-state index in [2.05, 4.69) is 31.2 Å². The summed E-state index contributed by atoms with van der Waals surface area (Å²) in [6.07, 6.45) is 0. The molecule has 9 heteroatoms. The highest BCUT2D eigenvalue weighted by Gasteiger charge is 2.20. The number of hydrogen-bond acceptors (Lipinski definition) is 5. The Bertz CT molecular complexity index is 1120. The first kappa shape index (κ1) is 20.6. The number of amidine groups is 1. The Morgan fingerprint density at radius 3 is 2.52 bits per heavy atom. The van der Waals surface area contributed by atoms with Crippen LogP contribution < -0.4 is 16.6 Å². The van der Waals surface area contributed by atoms with Crippen LogP contribution in [0.2, 0.25) is 0 Å². The first-order valence-corrected chi connectivity index (χ1v) is 9.50. The lowest BCUT2D eigenvalue weighted by Gasteiger charge is -2.14. The molecule has 2 aromatic carbocycles. The highest BCUT2D eigenvalue weighted by molar-refractivity contribution is 9.10. The van der Waals surface area contributed by atoms with Crippen molar-refractivity contribution in [2.24, 2.45) is 4.99 Å². The van der Waals surface area contributed by atoms with E-state index in [-0.39, 0.29) is 17.9 Å². The third-order valence-electron chi connectivity index (χ3n) is 4.01. The minimum atomic E-state index is -0.755. The van der Waals surface area contributed by atoms with E-state index < -0.39 is 17.1 Å². The minimum Gasteiger partial charge on any atom is -0.493 e. The summed E-state index contributed by atoms with van der Waals surface area (Å²) < 4.78 is 6.85. The SMILES string of the molecule is COCCN=C(Nc1ccccc1)c1c(O)n(-c2ccc(Br)cc2)c(=O)[nH]c1=O. The molecule has 1 heterocycles. The molecular weight excluding hydrogens is 440 g/mol. The summed E-state index contributed by atoms with van der Waals surface area (Å²) in [4.78, 5) is 31.6. The molecule has 0 aliphatic rings. The quantitative estimate of drug-likeness (QED) is 0.298. The van der Waals surface area contributed by atoms with Gasteiger partial charge in [-0.05, 0) is 36.4 Å². The number of aromatic nitrogens is 2. The van der Waals surface area contributed by atoms with E-state index >= 15 is 0 Å². The Labute approximate surface area is 174 Å². The Morgan fingerprint density at radius 2 is 1.86 bits per heavy atom. The average Bonchev–Trinajstić information content (AvgIpc) is 2.70.